The van der Waals surface area contributed by atoms with E-state index in [-0.39, 0.29) is 18.2 Å². The molecule has 0 spiro atoms. The predicted octanol–water partition coefficient (Wildman–Crippen LogP) is 1.55. The number of hydrogen-bond acceptors (Lipinski definition) is 2. The van der Waals surface area contributed by atoms with Gasteiger partial charge in [-0.2, -0.15) is 0 Å². The third-order valence-electron chi connectivity index (χ3n) is 2.58. The van der Waals surface area contributed by atoms with E-state index < -0.39 is 5.91 Å². The molecule has 0 aromatic heterocycles. The Bertz CT molecular complexity index is 390. The maximum Gasteiger partial charge on any atom is 0.230 e. The van der Waals surface area contributed by atoms with E-state index in [9.17, 15) is 9.59 Å². The number of nitrogens with zero attached hydrogens (tertiary/aromatic N) is 1. The monoisotopic (exact) mass is 234 g/mol. The second kappa shape index (κ2) is 6.03. The van der Waals surface area contributed by atoms with Crippen molar-refractivity contribution in [2.45, 2.75) is 20.3 Å². The lowest BCUT2D eigenvalue weighted by Crippen LogP contribution is -2.36. The molecule has 0 radical (unpaired) electrons. The number of primary amides is 1. The molecular weight excluding hydrogens is 216 g/mol. The van der Waals surface area contributed by atoms with Crippen molar-refractivity contribution < 1.29 is 9.59 Å². The van der Waals surface area contributed by atoms with Crippen LogP contribution in [0.5, 0.6) is 0 Å². The highest BCUT2D eigenvalue weighted by molar-refractivity contribution is 5.96. The van der Waals surface area contributed by atoms with E-state index in [2.05, 4.69) is 0 Å². The summed E-state index contributed by atoms with van der Waals surface area (Å²) in [7, 11) is 0. The number of carbonyl (C=O) groups is 2. The minimum absolute atomic E-state index is 0.0718. The zero-order valence-electron chi connectivity index (χ0n) is 10.2. The van der Waals surface area contributed by atoms with Gasteiger partial charge in [-0.3, -0.25) is 9.59 Å². The number of nitrogens with two attached hydrogens (primary N) is 1. The van der Waals surface area contributed by atoms with Crippen molar-refractivity contribution >= 4 is 17.5 Å². The number of carbonyl (C=O) groups excluding carboxylic acids is 2. The summed E-state index contributed by atoms with van der Waals surface area (Å²) in [5.74, 6) is -0.903. The molecule has 0 saturated carbocycles. The fraction of sp³-hybridized carbons (Fsp3) is 0.385. The Morgan fingerprint density at radius 1 is 1.29 bits per heavy atom. The first-order valence-electron chi connectivity index (χ1n) is 5.71. The molecule has 0 heterocycles. The van der Waals surface area contributed by atoms with Crippen LogP contribution in [0.2, 0.25) is 0 Å². The number of para-hydroxylation sites is 1. The number of hydrogen-bond donors (Lipinski definition) is 1. The first-order valence-corrected chi connectivity index (χ1v) is 5.71. The number of anilines is 1. The molecular formula is C13H18N2O2. The highest BCUT2D eigenvalue weighted by Gasteiger charge is 2.21. The van der Waals surface area contributed by atoms with Gasteiger partial charge in [-0.15, -0.1) is 0 Å². The van der Waals surface area contributed by atoms with Gasteiger partial charge in [-0.1, -0.05) is 25.1 Å². The Kier molecular flexibility index (Phi) is 4.69. The molecule has 0 fully saturated rings. The van der Waals surface area contributed by atoms with Gasteiger partial charge in [-0.05, 0) is 19.1 Å². The molecule has 92 valence electrons. The minimum atomic E-state index is -0.449. The summed E-state index contributed by atoms with van der Waals surface area (Å²) in [6, 6.07) is 9.40. The fourth-order valence-corrected chi connectivity index (χ4v) is 1.73. The summed E-state index contributed by atoms with van der Waals surface area (Å²) in [5.41, 5.74) is 5.95. The zero-order chi connectivity index (χ0) is 12.8. The Hall–Kier alpha value is -1.84. The first kappa shape index (κ1) is 13.2. The molecule has 0 aliphatic rings. The predicted molar refractivity (Wildman–Crippen MR) is 67.4 cm³/mol. The topological polar surface area (TPSA) is 63.4 Å². The molecule has 1 unspecified atom stereocenters. The van der Waals surface area contributed by atoms with Crippen LogP contribution in [0.4, 0.5) is 5.69 Å². The van der Waals surface area contributed by atoms with Gasteiger partial charge in [-0.25, -0.2) is 0 Å². The molecule has 0 aliphatic heterocycles. The number of rotatable bonds is 5. The van der Waals surface area contributed by atoms with Crippen LogP contribution in [0.3, 0.4) is 0 Å². The van der Waals surface area contributed by atoms with Crippen LogP contribution >= 0.6 is 0 Å². The van der Waals surface area contributed by atoms with Gasteiger partial charge in [0.05, 0.1) is 0 Å². The van der Waals surface area contributed by atoms with Gasteiger partial charge < -0.3 is 10.6 Å². The van der Waals surface area contributed by atoms with Crippen molar-refractivity contribution in [2.24, 2.45) is 11.7 Å². The summed E-state index contributed by atoms with van der Waals surface area (Å²) < 4.78 is 0. The molecule has 0 saturated heterocycles. The number of benzene rings is 1. The smallest absolute Gasteiger partial charge is 0.230 e. The highest BCUT2D eigenvalue weighted by atomic mass is 16.2. The number of amides is 2. The third kappa shape index (κ3) is 3.59. The Morgan fingerprint density at radius 2 is 1.88 bits per heavy atom. The average Bonchev–Trinajstić information content (AvgIpc) is 2.30. The van der Waals surface area contributed by atoms with Crippen LogP contribution in [0, 0.1) is 5.92 Å². The summed E-state index contributed by atoms with van der Waals surface area (Å²) in [4.78, 5) is 24.6. The van der Waals surface area contributed by atoms with Gasteiger partial charge in [0.1, 0.15) is 0 Å². The maximum atomic E-state index is 12.1. The van der Waals surface area contributed by atoms with Gasteiger partial charge in [0.2, 0.25) is 11.8 Å². The molecule has 2 amide bonds. The van der Waals surface area contributed by atoms with Crippen LogP contribution in [-0.2, 0) is 9.59 Å². The van der Waals surface area contributed by atoms with E-state index in [0.717, 1.165) is 5.69 Å². The molecule has 17 heavy (non-hydrogen) atoms. The maximum absolute atomic E-state index is 12.1. The van der Waals surface area contributed by atoms with Crippen LogP contribution in [0.25, 0.3) is 0 Å². The van der Waals surface area contributed by atoms with Crippen LogP contribution in [0.1, 0.15) is 20.3 Å². The quantitative estimate of drug-likeness (QED) is 0.840. The van der Waals surface area contributed by atoms with Gasteiger partial charge in [0, 0.05) is 24.6 Å². The van der Waals surface area contributed by atoms with E-state index >= 15 is 0 Å². The first-order chi connectivity index (χ1) is 8.06. The molecule has 4 nitrogen and oxygen atoms in total. The second-order valence-electron chi connectivity index (χ2n) is 3.99. The van der Waals surface area contributed by atoms with Gasteiger partial charge in [0.25, 0.3) is 0 Å². The Balaban J connectivity index is 2.81. The van der Waals surface area contributed by atoms with Crippen molar-refractivity contribution in [1.82, 2.24) is 0 Å². The average molecular weight is 234 g/mol. The Morgan fingerprint density at radius 3 is 2.35 bits per heavy atom. The highest BCUT2D eigenvalue weighted by Crippen LogP contribution is 2.17. The van der Waals surface area contributed by atoms with E-state index in [1.807, 2.05) is 37.3 Å². The lowest BCUT2D eigenvalue weighted by molar-refractivity contribution is -0.126. The molecule has 1 aromatic carbocycles. The van der Waals surface area contributed by atoms with E-state index in [1.165, 1.54) is 0 Å². The van der Waals surface area contributed by atoms with E-state index in [0.29, 0.717) is 6.54 Å². The minimum Gasteiger partial charge on any atom is -0.370 e. The van der Waals surface area contributed by atoms with E-state index in [4.69, 9.17) is 5.73 Å². The van der Waals surface area contributed by atoms with Crippen molar-refractivity contribution in [1.29, 1.82) is 0 Å². The molecule has 4 heteroatoms. The normalized spacial score (nSPS) is 11.9. The lowest BCUT2D eigenvalue weighted by Gasteiger charge is -2.24. The summed E-state index contributed by atoms with van der Waals surface area (Å²) in [6.45, 7) is 4.20. The molecule has 2 N–H and O–H groups in total. The van der Waals surface area contributed by atoms with Gasteiger partial charge >= 0.3 is 0 Å². The largest absolute Gasteiger partial charge is 0.370 e. The van der Waals surface area contributed by atoms with Crippen molar-refractivity contribution in [2.75, 3.05) is 11.4 Å². The Labute approximate surface area is 101 Å². The molecule has 1 aromatic rings. The zero-order valence-corrected chi connectivity index (χ0v) is 10.2. The van der Waals surface area contributed by atoms with Crippen molar-refractivity contribution in [3.63, 3.8) is 0 Å². The van der Waals surface area contributed by atoms with Crippen molar-refractivity contribution in [3.8, 4) is 0 Å². The SMILES string of the molecule is CCN(C(=O)C(C)CC(N)=O)c1ccccc1. The molecule has 1 atom stereocenters. The molecule has 0 aliphatic carbocycles. The summed E-state index contributed by atoms with van der Waals surface area (Å²) in [6.07, 6.45) is 0.0855. The second-order valence-corrected chi connectivity index (χ2v) is 3.99. The fourth-order valence-electron chi connectivity index (χ4n) is 1.73. The summed E-state index contributed by atoms with van der Waals surface area (Å²) in [5, 5.41) is 0. The van der Waals surface area contributed by atoms with Crippen LogP contribution in [-0.4, -0.2) is 18.4 Å². The summed E-state index contributed by atoms with van der Waals surface area (Å²) >= 11 is 0. The standard InChI is InChI=1S/C13H18N2O2/c1-3-15(11-7-5-4-6-8-11)13(17)10(2)9-12(14)16/h4-8,10H,3,9H2,1-2H3,(H2,14,16). The van der Waals surface area contributed by atoms with Crippen molar-refractivity contribution in [3.05, 3.63) is 30.3 Å². The molecule has 1 rings (SSSR count). The molecule has 0 bridgehead atoms. The van der Waals surface area contributed by atoms with E-state index in [1.54, 1.807) is 11.8 Å². The van der Waals surface area contributed by atoms with Crippen LogP contribution < -0.4 is 10.6 Å². The third-order valence-corrected chi connectivity index (χ3v) is 2.58. The van der Waals surface area contributed by atoms with Gasteiger partial charge in [0.15, 0.2) is 0 Å². The van der Waals surface area contributed by atoms with Crippen LogP contribution in [0.15, 0.2) is 30.3 Å². The lowest BCUT2D eigenvalue weighted by atomic mass is 10.1.